The Morgan fingerprint density at radius 2 is 1.72 bits per heavy atom. The Morgan fingerprint density at radius 3 is 2.11 bits per heavy atom. The zero-order valence-corrected chi connectivity index (χ0v) is 8.56. The van der Waals surface area contributed by atoms with Crippen molar-refractivity contribution in [2.45, 2.75) is 19.1 Å². The first-order chi connectivity index (χ1) is 8.04. The van der Waals surface area contributed by atoms with Crippen molar-refractivity contribution < 1.29 is 31.1 Å². The average Bonchev–Trinajstić information content (AvgIpc) is 2.16. The van der Waals surface area contributed by atoms with Crippen molar-refractivity contribution in [2.75, 3.05) is 5.73 Å². The number of nitrogens with zero attached hydrogens (tertiary/aromatic N) is 1. The van der Waals surface area contributed by atoms with E-state index in [-0.39, 0.29) is 5.56 Å². The zero-order valence-electron chi connectivity index (χ0n) is 8.56. The topological polar surface area (TPSA) is 74.2 Å². The van der Waals surface area contributed by atoms with Crippen LogP contribution in [-0.2, 0) is 12.7 Å². The molecule has 0 unspecified atom stereocenters. The largest absolute Gasteiger partial charge is 0.574 e. The first kappa shape index (κ1) is 14.4. The van der Waals surface area contributed by atoms with Crippen molar-refractivity contribution in [3.8, 4) is 5.88 Å². The Kier molecular flexibility index (Phi) is 3.60. The molecular formula is C8H7F6N3O. The van der Waals surface area contributed by atoms with Gasteiger partial charge in [0.25, 0.3) is 0 Å². The fourth-order valence-corrected chi connectivity index (χ4v) is 1.13. The molecule has 0 spiro atoms. The SMILES string of the molecule is NCc1cc(N)c(C(F)(F)F)nc1OC(F)(F)F. The number of hydrogen-bond acceptors (Lipinski definition) is 4. The second-order valence-corrected chi connectivity index (χ2v) is 3.14. The van der Waals surface area contributed by atoms with Crippen molar-refractivity contribution >= 4 is 5.69 Å². The minimum atomic E-state index is -5.17. The van der Waals surface area contributed by atoms with Crippen LogP contribution >= 0.6 is 0 Å². The van der Waals surface area contributed by atoms with Crippen LogP contribution in [0.5, 0.6) is 5.88 Å². The number of aromatic nitrogens is 1. The van der Waals surface area contributed by atoms with Gasteiger partial charge < -0.3 is 16.2 Å². The third kappa shape index (κ3) is 3.39. The highest BCUT2D eigenvalue weighted by atomic mass is 19.4. The van der Waals surface area contributed by atoms with Crippen LogP contribution in [0.15, 0.2) is 6.07 Å². The molecule has 102 valence electrons. The Balaban J connectivity index is 3.31. The van der Waals surface area contributed by atoms with Crippen LogP contribution < -0.4 is 16.2 Å². The summed E-state index contributed by atoms with van der Waals surface area (Å²) in [5.41, 5.74) is 7.26. The van der Waals surface area contributed by atoms with Gasteiger partial charge in [0, 0.05) is 12.1 Å². The number of hydrogen-bond donors (Lipinski definition) is 2. The molecule has 0 amide bonds. The molecule has 0 aliphatic rings. The highest BCUT2D eigenvalue weighted by Crippen LogP contribution is 2.36. The number of rotatable bonds is 2. The Bertz CT molecular complexity index is 442. The van der Waals surface area contributed by atoms with Crippen molar-refractivity contribution in [3.63, 3.8) is 0 Å². The van der Waals surface area contributed by atoms with Gasteiger partial charge in [0.2, 0.25) is 5.88 Å². The van der Waals surface area contributed by atoms with Crippen LogP contribution in [0.25, 0.3) is 0 Å². The Hall–Kier alpha value is -1.71. The van der Waals surface area contributed by atoms with Gasteiger partial charge in [0.15, 0.2) is 5.69 Å². The van der Waals surface area contributed by atoms with Gasteiger partial charge in [-0.1, -0.05) is 0 Å². The van der Waals surface area contributed by atoms with Gasteiger partial charge in [-0.25, -0.2) is 4.98 Å². The molecule has 4 nitrogen and oxygen atoms in total. The molecule has 1 rings (SSSR count). The zero-order chi connectivity index (χ0) is 14.1. The number of nitrogen functional groups attached to an aromatic ring is 1. The van der Waals surface area contributed by atoms with Crippen molar-refractivity contribution in [3.05, 3.63) is 17.3 Å². The first-order valence-electron chi connectivity index (χ1n) is 4.37. The maximum atomic E-state index is 12.4. The van der Waals surface area contributed by atoms with Crippen LogP contribution in [0.3, 0.4) is 0 Å². The van der Waals surface area contributed by atoms with E-state index in [1.807, 2.05) is 0 Å². The summed E-state index contributed by atoms with van der Waals surface area (Å²) in [7, 11) is 0. The number of halogens is 6. The Labute approximate surface area is 96.5 Å². The molecule has 10 heteroatoms. The minimum Gasteiger partial charge on any atom is -0.397 e. The molecule has 18 heavy (non-hydrogen) atoms. The second-order valence-electron chi connectivity index (χ2n) is 3.14. The smallest absolute Gasteiger partial charge is 0.397 e. The third-order valence-corrected chi connectivity index (χ3v) is 1.79. The molecule has 0 saturated heterocycles. The molecule has 1 aromatic heterocycles. The van der Waals surface area contributed by atoms with Crippen molar-refractivity contribution in [1.29, 1.82) is 0 Å². The lowest BCUT2D eigenvalue weighted by atomic mass is 10.2. The fraction of sp³-hybridized carbons (Fsp3) is 0.375. The van der Waals surface area contributed by atoms with Crippen LogP contribution in [0.4, 0.5) is 32.0 Å². The lowest BCUT2D eigenvalue weighted by Crippen LogP contribution is -2.22. The quantitative estimate of drug-likeness (QED) is 0.810. The summed E-state index contributed by atoms with van der Waals surface area (Å²) in [4.78, 5) is 2.73. The van der Waals surface area contributed by atoms with E-state index in [4.69, 9.17) is 11.5 Å². The third-order valence-electron chi connectivity index (χ3n) is 1.79. The molecule has 0 bridgehead atoms. The summed E-state index contributed by atoms with van der Waals surface area (Å²) >= 11 is 0. The first-order valence-corrected chi connectivity index (χ1v) is 4.37. The van der Waals surface area contributed by atoms with E-state index in [9.17, 15) is 26.3 Å². The Morgan fingerprint density at radius 1 is 1.17 bits per heavy atom. The lowest BCUT2D eigenvalue weighted by molar-refractivity contribution is -0.276. The highest BCUT2D eigenvalue weighted by Gasteiger charge is 2.38. The van der Waals surface area contributed by atoms with E-state index in [1.54, 1.807) is 0 Å². The summed E-state index contributed by atoms with van der Waals surface area (Å²) in [6, 6.07) is 0.650. The predicted octanol–water partition coefficient (Wildman–Crippen LogP) is 2.04. The monoisotopic (exact) mass is 275 g/mol. The number of alkyl halides is 6. The summed E-state index contributed by atoms with van der Waals surface area (Å²) in [6.45, 7) is -0.499. The van der Waals surface area contributed by atoms with Crippen LogP contribution in [0.1, 0.15) is 11.3 Å². The molecule has 0 fully saturated rings. The molecule has 0 saturated carbocycles. The van der Waals surface area contributed by atoms with Crippen LogP contribution in [-0.4, -0.2) is 11.3 Å². The van der Waals surface area contributed by atoms with Crippen LogP contribution in [0.2, 0.25) is 0 Å². The van der Waals surface area contributed by atoms with Gasteiger partial charge in [-0.2, -0.15) is 13.2 Å². The molecule has 1 aromatic rings. The maximum Gasteiger partial charge on any atom is 0.574 e. The van der Waals surface area contributed by atoms with Crippen molar-refractivity contribution in [1.82, 2.24) is 4.98 Å². The molecule has 0 atom stereocenters. The van der Waals surface area contributed by atoms with E-state index >= 15 is 0 Å². The van der Waals surface area contributed by atoms with Crippen molar-refractivity contribution in [2.24, 2.45) is 5.73 Å². The van der Waals surface area contributed by atoms with E-state index in [1.165, 1.54) is 0 Å². The van der Waals surface area contributed by atoms with E-state index < -0.39 is 36.3 Å². The number of ether oxygens (including phenoxy) is 1. The number of anilines is 1. The molecule has 1 heterocycles. The van der Waals surface area contributed by atoms with E-state index in [0.717, 1.165) is 0 Å². The minimum absolute atomic E-state index is 0.377. The second kappa shape index (κ2) is 4.52. The van der Waals surface area contributed by atoms with Crippen LogP contribution in [0, 0.1) is 0 Å². The van der Waals surface area contributed by atoms with Gasteiger partial charge >= 0.3 is 12.5 Å². The molecule has 4 N–H and O–H groups in total. The fourth-order valence-electron chi connectivity index (χ4n) is 1.13. The van der Waals surface area contributed by atoms with Gasteiger partial charge in [0.05, 0.1) is 5.69 Å². The predicted molar refractivity (Wildman–Crippen MR) is 48.2 cm³/mol. The van der Waals surface area contributed by atoms with Gasteiger partial charge in [0.1, 0.15) is 0 Å². The molecule has 0 aromatic carbocycles. The molecular weight excluding hydrogens is 268 g/mol. The van der Waals surface area contributed by atoms with E-state index in [0.29, 0.717) is 6.07 Å². The van der Waals surface area contributed by atoms with Gasteiger partial charge in [-0.15, -0.1) is 13.2 Å². The lowest BCUT2D eigenvalue weighted by Gasteiger charge is -2.15. The summed E-state index contributed by atoms with van der Waals surface area (Å²) in [5.74, 6) is -1.26. The molecule has 0 radical (unpaired) electrons. The summed E-state index contributed by atoms with van der Waals surface area (Å²) in [5, 5.41) is 0. The van der Waals surface area contributed by atoms with Gasteiger partial charge in [-0.3, -0.25) is 0 Å². The standard InChI is InChI=1S/C8H7F6N3O/c9-7(10,11)5-4(16)1-3(2-15)6(17-5)18-8(12,13)14/h1H,2,15-16H2. The molecule has 0 aliphatic heterocycles. The maximum absolute atomic E-state index is 12.4. The normalized spacial score (nSPS) is 12.6. The number of pyridine rings is 1. The summed E-state index contributed by atoms with van der Waals surface area (Å²) < 4.78 is 76.4. The molecule has 0 aliphatic carbocycles. The summed E-state index contributed by atoms with van der Waals surface area (Å²) in [6.07, 6.45) is -10.2. The van der Waals surface area contributed by atoms with E-state index in [2.05, 4.69) is 9.72 Å². The highest BCUT2D eigenvalue weighted by molar-refractivity contribution is 5.50. The number of nitrogens with two attached hydrogens (primary N) is 2. The average molecular weight is 275 g/mol. The van der Waals surface area contributed by atoms with Gasteiger partial charge in [-0.05, 0) is 6.07 Å².